The second-order valence-corrected chi connectivity index (χ2v) is 12.1. The minimum atomic E-state index is -5.08. The van der Waals surface area contributed by atoms with Crippen molar-refractivity contribution in [2.75, 3.05) is 10.6 Å². The Balaban J connectivity index is 1.93. The van der Waals surface area contributed by atoms with E-state index in [0.29, 0.717) is 11.6 Å². The summed E-state index contributed by atoms with van der Waals surface area (Å²) in [5.41, 5.74) is -7.07. The molecule has 1 amide bonds. The number of halogens is 6. The molecule has 3 aromatic rings. The molecule has 0 radical (unpaired) electrons. The van der Waals surface area contributed by atoms with E-state index in [0.717, 1.165) is 0 Å². The molecule has 3 heterocycles. The zero-order valence-electron chi connectivity index (χ0n) is 25.2. The van der Waals surface area contributed by atoms with Crippen LogP contribution in [-0.4, -0.2) is 38.6 Å². The first-order valence-corrected chi connectivity index (χ1v) is 13.9. The quantitative estimate of drug-likeness (QED) is 0.216. The summed E-state index contributed by atoms with van der Waals surface area (Å²) >= 11 is 0. The summed E-state index contributed by atoms with van der Waals surface area (Å²) < 4.78 is 104. The Morgan fingerprint density at radius 1 is 1.04 bits per heavy atom. The maximum absolute atomic E-state index is 15.0. The SMILES string of the molecule is CC1(C)CCC=CC[C@](OCc2ccccc2)(C(F)(F)F)c2nnc(o2)-c2nc(c(C(F)(F)F)cc2NC(=O)OC(C)(C)C)N1. The first kappa shape index (κ1) is 33.7. The molecular weight excluding hydrogens is 608 g/mol. The van der Waals surface area contributed by atoms with E-state index in [1.54, 1.807) is 44.2 Å². The van der Waals surface area contributed by atoms with Gasteiger partial charge in [-0.1, -0.05) is 42.5 Å². The summed E-state index contributed by atoms with van der Waals surface area (Å²) in [6, 6.07) is 8.73. The van der Waals surface area contributed by atoms with E-state index in [1.165, 1.54) is 32.9 Å². The zero-order valence-corrected chi connectivity index (χ0v) is 25.2. The van der Waals surface area contributed by atoms with Crippen LogP contribution in [0.15, 0.2) is 53.0 Å². The summed E-state index contributed by atoms with van der Waals surface area (Å²) in [5.74, 6) is -2.34. The van der Waals surface area contributed by atoms with Crippen molar-refractivity contribution in [1.29, 1.82) is 0 Å². The molecule has 0 saturated heterocycles. The number of nitrogens with zero attached hydrogens (tertiary/aromatic N) is 3. The van der Waals surface area contributed by atoms with Crippen LogP contribution in [-0.2, 0) is 27.9 Å². The summed E-state index contributed by atoms with van der Waals surface area (Å²) in [6.07, 6.45) is -8.75. The number of hydrogen-bond acceptors (Lipinski definition) is 8. The monoisotopic (exact) mass is 641 g/mol. The van der Waals surface area contributed by atoms with Gasteiger partial charge in [0, 0.05) is 12.0 Å². The normalized spacial score (nSPS) is 18.9. The predicted octanol–water partition coefficient (Wildman–Crippen LogP) is 8.40. The van der Waals surface area contributed by atoms with Gasteiger partial charge in [0.25, 0.3) is 11.8 Å². The van der Waals surface area contributed by atoms with E-state index in [-0.39, 0.29) is 12.8 Å². The van der Waals surface area contributed by atoms with Gasteiger partial charge >= 0.3 is 18.4 Å². The Morgan fingerprint density at radius 3 is 2.36 bits per heavy atom. The maximum atomic E-state index is 15.0. The van der Waals surface area contributed by atoms with Gasteiger partial charge < -0.3 is 19.2 Å². The summed E-state index contributed by atoms with van der Waals surface area (Å²) in [4.78, 5) is 16.7. The van der Waals surface area contributed by atoms with Crippen LogP contribution in [0, 0.1) is 0 Å². The van der Waals surface area contributed by atoms with Crippen molar-refractivity contribution < 1.29 is 45.0 Å². The smallest absolute Gasteiger partial charge is 0.426 e. The fourth-order valence-electron chi connectivity index (χ4n) is 4.48. The minimum Gasteiger partial charge on any atom is -0.444 e. The molecule has 4 bridgehead atoms. The van der Waals surface area contributed by atoms with Gasteiger partial charge in [0.05, 0.1) is 17.9 Å². The van der Waals surface area contributed by atoms with Gasteiger partial charge in [0.15, 0.2) is 5.69 Å². The van der Waals surface area contributed by atoms with Crippen LogP contribution in [0.4, 0.5) is 42.6 Å². The van der Waals surface area contributed by atoms with Crippen LogP contribution in [0.1, 0.15) is 70.9 Å². The molecule has 0 unspecified atom stereocenters. The van der Waals surface area contributed by atoms with E-state index < -0.39 is 82.8 Å². The van der Waals surface area contributed by atoms with Crippen molar-refractivity contribution in [3.63, 3.8) is 0 Å². The molecular formula is C30H33F6N5O4. The summed E-state index contributed by atoms with van der Waals surface area (Å²) in [6.45, 7) is 7.38. The molecule has 244 valence electrons. The van der Waals surface area contributed by atoms with Crippen molar-refractivity contribution in [3.05, 3.63) is 65.6 Å². The van der Waals surface area contributed by atoms with Crippen molar-refractivity contribution >= 4 is 17.6 Å². The molecule has 1 aliphatic heterocycles. The van der Waals surface area contributed by atoms with Gasteiger partial charge in [-0.3, -0.25) is 5.32 Å². The van der Waals surface area contributed by atoms with E-state index in [4.69, 9.17) is 13.9 Å². The van der Waals surface area contributed by atoms with Gasteiger partial charge in [-0.15, -0.1) is 10.2 Å². The molecule has 1 atom stereocenters. The number of benzene rings is 1. The lowest BCUT2D eigenvalue weighted by Crippen LogP contribution is -2.45. The van der Waals surface area contributed by atoms with E-state index in [9.17, 15) is 31.1 Å². The van der Waals surface area contributed by atoms with Crippen LogP contribution in [0.25, 0.3) is 11.6 Å². The highest BCUT2D eigenvalue weighted by Crippen LogP contribution is 2.47. The average molecular weight is 642 g/mol. The number of carbonyl (C=O) groups excluding carboxylic acids is 1. The number of amides is 1. The van der Waals surface area contributed by atoms with E-state index in [1.807, 2.05) is 0 Å². The van der Waals surface area contributed by atoms with Gasteiger partial charge in [-0.2, -0.15) is 26.3 Å². The van der Waals surface area contributed by atoms with Crippen molar-refractivity contribution in [1.82, 2.24) is 15.2 Å². The molecule has 9 nitrogen and oxygen atoms in total. The molecule has 15 heteroatoms. The van der Waals surface area contributed by atoms with Crippen LogP contribution >= 0.6 is 0 Å². The Kier molecular flexibility index (Phi) is 9.25. The number of ether oxygens (including phenoxy) is 2. The highest BCUT2D eigenvalue weighted by atomic mass is 19.4. The number of carbonyl (C=O) groups is 1. The Labute approximate surface area is 255 Å². The second kappa shape index (κ2) is 12.3. The number of alkyl halides is 6. The third-order valence-corrected chi connectivity index (χ3v) is 6.69. The van der Waals surface area contributed by atoms with Crippen molar-refractivity contribution in [3.8, 4) is 11.6 Å². The maximum Gasteiger partial charge on any atom is 0.426 e. The lowest BCUT2D eigenvalue weighted by molar-refractivity contribution is -0.295. The number of fused-ring (bicyclic) bond motifs is 5. The molecule has 1 aromatic carbocycles. The number of anilines is 2. The third-order valence-electron chi connectivity index (χ3n) is 6.69. The van der Waals surface area contributed by atoms with Gasteiger partial charge in [0.1, 0.15) is 11.4 Å². The molecule has 0 spiro atoms. The van der Waals surface area contributed by atoms with E-state index >= 15 is 0 Å². The average Bonchev–Trinajstić information content (AvgIpc) is 3.38. The number of allylic oxidation sites excluding steroid dienone is 1. The molecule has 2 aromatic heterocycles. The first-order chi connectivity index (χ1) is 20.8. The van der Waals surface area contributed by atoms with Gasteiger partial charge in [0.2, 0.25) is 5.60 Å². The number of aromatic nitrogens is 3. The predicted molar refractivity (Wildman–Crippen MR) is 152 cm³/mol. The molecule has 2 N–H and O–H groups in total. The summed E-state index contributed by atoms with van der Waals surface area (Å²) in [7, 11) is 0. The highest BCUT2D eigenvalue weighted by molar-refractivity contribution is 5.90. The third kappa shape index (κ3) is 8.12. The Morgan fingerprint density at radius 2 is 1.73 bits per heavy atom. The number of hydrogen-bond donors (Lipinski definition) is 2. The topological polar surface area (TPSA) is 111 Å². The fraction of sp³-hybridized carbons (Fsp3) is 0.467. The fourth-order valence-corrected chi connectivity index (χ4v) is 4.48. The molecule has 0 fully saturated rings. The highest BCUT2D eigenvalue weighted by Gasteiger charge is 2.61. The summed E-state index contributed by atoms with van der Waals surface area (Å²) in [5, 5.41) is 12.4. The molecule has 0 saturated carbocycles. The molecule has 4 rings (SSSR count). The van der Waals surface area contributed by atoms with Crippen LogP contribution < -0.4 is 10.6 Å². The first-order valence-electron chi connectivity index (χ1n) is 13.9. The largest absolute Gasteiger partial charge is 0.444 e. The number of nitrogens with one attached hydrogen (secondary N) is 2. The number of rotatable bonds is 4. The lowest BCUT2D eigenvalue weighted by Gasteiger charge is -2.32. The van der Waals surface area contributed by atoms with Crippen molar-refractivity contribution in [2.24, 2.45) is 0 Å². The second-order valence-electron chi connectivity index (χ2n) is 12.1. The minimum absolute atomic E-state index is 0.203. The molecule has 45 heavy (non-hydrogen) atoms. The Hall–Kier alpha value is -4.14. The Bertz CT molecular complexity index is 1530. The molecule has 0 aliphatic carbocycles. The van der Waals surface area contributed by atoms with Crippen LogP contribution in [0.2, 0.25) is 0 Å². The molecule has 1 aliphatic rings. The number of pyridine rings is 1. The van der Waals surface area contributed by atoms with Gasteiger partial charge in [-0.25, -0.2) is 9.78 Å². The zero-order chi connectivity index (χ0) is 33.3. The van der Waals surface area contributed by atoms with Gasteiger partial charge in [-0.05, 0) is 59.1 Å². The van der Waals surface area contributed by atoms with Crippen LogP contribution in [0.3, 0.4) is 0 Å². The van der Waals surface area contributed by atoms with Crippen molar-refractivity contribution in [2.45, 2.75) is 89.6 Å². The van der Waals surface area contributed by atoms with E-state index in [2.05, 4.69) is 25.8 Å². The lowest BCUT2D eigenvalue weighted by atomic mass is 9.95. The standard InChI is InChI=1S/C30H33F6N5O4/c1-26(2,3)45-25(42)37-20-16-19(29(31,32)33)22-38-21(20)23-40-41-24(44-23)28(30(34,35)36,43-17-18-12-8-6-9-13-18)15-11-7-10-14-27(4,5)39-22/h6-9,11-13,16H,10,14-15,17H2,1-5H3,(H,37,42)(H,38,39)/t28-/m1/s1. The van der Waals surface area contributed by atoms with Crippen LogP contribution in [0.5, 0.6) is 0 Å².